The van der Waals surface area contributed by atoms with Gasteiger partial charge in [0.1, 0.15) is 16.5 Å². The van der Waals surface area contributed by atoms with Crippen molar-refractivity contribution in [3.05, 3.63) is 77.9 Å². The Kier molecular flexibility index (Phi) is 6.95. The SMILES string of the molecule is COc1ccc2nc(-c3ccc(/C=C/c4ccc(OCCCCF)cc4)cc3)sc2c1. The fourth-order valence-corrected chi connectivity index (χ4v) is 4.15. The maximum absolute atomic E-state index is 12.1. The fraction of sp³-hybridized carbons (Fsp3) is 0.192. The third kappa shape index (κ3) is 5.50. The Morgan fingerprint density at radius 2 is 1.55 bits per heavy atom. The van der Waals surface area contributed by atoms with Crippen LogP contribution < -0.4 is 9.47 Å². The number of ether oxygens (including phenoxy) is 2. The number of halogens is 1. The van der Waals surface area contributed by atoms with Crippen LogP contribution in [0, 0.1) is 0 Å². The van der Waals surface area contributed by atoms with Crippen LogP contribution in [0.5, 0.6) is 11.5 Å². The number of aromatic nitrogens is 1. The first kappa shape index (κ1) is 21.1. The largest absolute Gasteiger partial charge is 0.497 e. The summed E-state index contributed by atoms with van der Waals surface area (Å²) in [5.41, 5.74) is 4.31. The van der Waals surface area contributed by atoms with Gasteiger partial charge >= 0.3 is 0 Å². The molecule has 0 aliphatic rings. The number of methoxy groups -OCH3 is 1. The summed E-state index contributed by atoms with van der Waals surface area (Å²) in [5, 5.41) is 1.00. The van der Waals surface area contributed by atoms with Gasteiger partial charge in [-0.3, -0.25) is 4.39 Å². The maximum Gasteiger partial charge on any atom is 0.124 e. The quantitative estimate of drug-likeness (QED) is 0.205. The lowest BCUT2D eigenvalue weighted by Crippen LogP contribution is -1.97. The molecule has 0 aliphatic carbocycles. The Hall–Kier alpha value is -3.18. The van der Waals surface area contributed by atoms with E-state index < -0.39 is 0 Å². The molecule has 0 N–H and O–H groups in total. The summed E-state index contributed by atoms with van der Waals surface area (Å²) < 4.78 is 24.1. The van der Waals surface area contributed by atoms with Crippen molar-refractivity contribution in [3.8, 4) is 22.1 Å². The zero-order valence-corrected chi connectivity index (χ0v) is 18.2. The molecular weight excluding hydrogens is 409 g/mol. The molecule has 3 aromatic carbocycles. The molecule has 158 valence electrons. The molecule has 5 heteroatoms. The second-order valence-electron chi connectivity index (χ2n) is 7.12. The highest BCUT2D eigenvalue weighted by molar-refractivity contribution is 7.21. The first-order valence-electron chi connectivity index (χ1n) is 10.3. The monoisotopic (exact) mass is 433 g/mol. The van der Waals surface area contributed by atoms with E-state index in [1.807, 2.05) is 42.5 Å². The molecule has 1 aromatic heterocycles. The zero-order chi connectivity index (χ0) is 21.5. The van der Waals surface area contributed by atoms with Crippen molar-refractivity contribution in [2.24, 2.45) is 0 Å². The zero-order valence-electron chi connectivity index (χ0n) is 17.4. The van der Waals surface area contributed by atoms with Crippen LogP contribution in [0.3, 0.4) is 0 Å². The van der Waals surface area contributed by atoms with Gasteiger partial charge in [0.05, 0.1) is 30.6 Å². The van der Waals surface area contributed by atoms with Gasteiger partial charge in [-0.15, -0.1) is 11.3 Å². The summed E-state index contributed by atoms with van der Waals surface area (Å²) in [6.45, 7) is 0.261. The molecule has 0 saturated carbocycles. The molecule has 4 aromatic rings. The molecule has 1 heterocycles. The van der Waals surface area contributed by atoms with Gasteiger partial charge in [-0.05, 0) is 54.3 Å². The molecule has 0 saturated heterocycles. The molecule has 0 spiro atoms. The fourth-order valence-electron chi connectivity index (χ4n) is 3.15. The average molecular weight is 434 g/mol. The van der Waals surface area contributed by atoms with Crippen LogP contribution >= 0.6 is 11.3 Å². The first-order chi connectivity index (χ1) is 15.2. The number of benzene rings is 3. The van der Waals surface area contributed by atoms with E-state index in [0.29, 0.717) is 13.0 Å². The molecule has 3 nitrogen and oxygen atoms in total. The van der Waals surface area contributed by atoms with E-state index in [4.69, 9.17) is 14.5 Å². The van der Waals surface area contributed by atoms with Crippen molar-refractivity contribution in [1.82, 2.24) is 4.98 Å². The second-order valence-corrected chi connectivity index (χ2v) is 8.15. The van der Waals surface area contributed by atoms with Crippen LogP contribution in [-0.4, -0.2) is 25.4 Å². The molecule has 0 aliphatic heterocycles. The van der Waals surface area contributed by atoms with Gasteiger partial charge in [0, 0.05) is 5.56 Å². The van der Waals surface area contributed by atoms with Crippen LogP contribution in [0.1, 0.15) is 24.0 Å². The Labute approximate surface area is 185 Å². The van der Waals surface area contributed by atoms with E-state index in [9.17, 15) is 4.39 Å². The van der Waals surface area contributed by atoms with E-state index in [1.54, 1.807) is 18.4 Å². The minimum Gasteiger partial charge on any atom is -0.497 e. The van der Waals surface area contributed by atoms with Crippen molar-refractivity contribution in [1.29, 1.82) is 0 Å². The molecule has 0 amide bonds. The van der Waals surface area contributed by atoms with Gasteiger partial charge in [0.2, 0.25) is 0 Å². The lowest BCUT2D eigenvalue weighted by Gasteiger charge is -2.05. The predicted molar refractivity (Wildman–Crippen MR) is 128 cm³/mol. The van der Waals surface area contributed by atoms with Crippen LogP contribution in [0.4, 0.5) is 4.39 Å². The van der Waals surface area contributed by atoms with Crippen molar-refractivity contribution in [3.63, 3.8) is 0 Å². The smallest absolute Gasteiger partial charge is 0.124 e. The van der Waals surface area contributed by atoms with E-state index >= 15 is 0 Å². The number of hydrogen-bond donors (Lipinski definition) is 0. The number of fused-ring (bicyclic) bond motifs is 1. The van der Waals surface area contributed by atoms with Crippen molar-refractivity contribution in [2.75, 3.05) is 20.4 Å². The molecule has 4 rings (SSSR count). The van der Waals surface area contributed by atoms with E-state index in [0.717, 1.165) is 49.8 Å². The molecule has 0 radical (unpaired) electrons. The third-order valence-corrected chi connectivity index (χ3v) is 5.97. The lowest BCUT2D eigenvalue weighted by molar-refractivity contribution is 0.297. The first-order valence-corrected chi connectivity index (χ1v) is 11.1. The van der Waals surface area contributed by atoms with Crippen LogP contribution in [0.25, 0.3) is 32.9 Å². The highest BCUT2D eigenvalue weighted by Crippen LogP contribution is 2.32. The second kappa shape index (κ2) is 10.2. The molecule has 0 bridgehead atoms. The molecule has 31 heavy (non-hydrogen) atoms. The van der Waals surface area contributed by atoms with Gasteiger partial charge in [0.15, 0.2) is 0 Å². The number of unbranched alkanes of at least 4 members (excludes halogenated alkanes) is 1. The number of nitrogens with zero attached hydrogens (tertiary/aromatic N) is 1. The van der Waals surface area contributed by atoms with Crippen molar-refractivity contribution in [2.45, 2.75) is 12.8 Å². The highest BCUT2D eigenvalue weighted by atomic mass is 32.1. The Morgan fingerprint density at radius 1 is 0.871 bits per heavy atom. The van der Waals surface area contributed by atoms with Gasteiger partial charge in [-0.2, -0.15) is 0 Å². The Morgan fingerprint density at radius 3 is 2.23 bits per heavy atom. The summed E-state index contributed by atoms with van der Waals surface area (Å²) in [6.07, 6.45) is 5.45. The number of rotatable bonds is 9. The minimum absolute atomic E-state index is 0.288. The van der Waals surface area contributed by atoms with E-state index in [2.05, 4.69) is 36.4 Å². The van der Waals surface area contributed by atoms with Crippen molar-refractivity contribution >= 4 is 33.7 Å². The standard InChI is InChI=1S/C26H24FNO2S/c1-29-23-14-15-24-25(18-23)31-26(28-24)21-10-6-19(7-11-21)4-5-20-8-12-22(13-9-20)30-17-3-2-16-27/h4-15,18H,2-3,16-17H2,1H3/b5-4+. The number of thiazole rings is 1. The summed E-state index contributed by atoms with van der Waals surface area (Å²) in [6, 6.07) is 22.3. The normalized spacial score (nSPS) is 11.3. The molecule has 0 unspecified atom stereocenters. The van der Waals surface area contributed by atoms with E-state index in [-0.39, 0.29) is 6.67 Å². The maximum atomic E-state index is 12.1. The number of alkyl halides is 1. The van der Waals surface area contributed by atoms with Crippen LogP contribution in [-0.2, 0) is 0 Å². The summed E-state index contributed by atoms with van der Waals surface area (Å²) in [7, 11) is 1.68. The molecule has 0 atom stereocenters. The third-order valence-electron chi connectivity index (χ3n) is 4.90. The molecular formula is C26H24FNO2S. The topological polar surface area (TPSA) is 31.4 Å². The van der Waals surface area contributed by atoms with Gasteiger partial charge < -0.3 is 9.47 Å². The van der Waals surface area contributed by atoms with Crippen LogP contribution in [0.15, 0.2) is 66.7 Å². The average Bonchev–Trinajstić information content (AvgIpc) is 3.25. The van der Waals surface area contributed by atoms with Gasteiger partial charge in [-0.25, -0.2) is 4.98 Å². The number of hydrogen-bond acceptors (Lipinski definition) is 4. The minimum atomic E-state index is -0.288. The Balaban J connectivity index is 1.39. The highest BCUT2D eigenvalue weighted by Gasteiger charge is 2.07. The summed E-state index contributed by atoms with van der Waals surface area (Å²) in [5.74, 6) is 1.66. The summed E-state index contributed by atoms with van der Waals surface area (Å²) in [4.78, 5) is 4.74. The van der Waals surface area contributed by atoms with Gasteiger partial charge in [-0.1, -0.05) is 48.6 Å². The van der Waals surface area contributed by atoms with Crippen LogP contribution in [0.2, 0.25) is 0 Å². The predicted octanol–water partition coefficient (Wildman–Crippen LogP) is 7.27. The summed E-state index contributed by atoms with van der Waals surface area (Å²) >= 11 is 1.67. The van der Waals surface area contributed by atoms with Gasteiger partial charge in [0.25, 0.3) is 0 Å². The van der Waals surface area contributed by atoms with E-state index in [1.165, 1.54) is 0 Å². The molecule has 0 fully saturated rings. The van der Waals surface area contributed by atoms with Crippen molar-refractivity contribution < 1.29 is 13.9 Å². The lowest BCUT2D eigenvalue weighted by atomic mass is 10.1. The Bertz CT molecular complexity index is 1150.